The van der Waals surface area contributed by atoms with Crippen molar-refractivity contribution in [1.29, 1.82) is 0 Å². The van der Waals surface area contributed by atoms with Crippen molar-refractivity contribution < 1.29 is 31.3 Å². The molecular formula is C26H30ClN3O3S. The van der Waals surface area contributed by atoms with E-state index in [0.29, 0.717) is 17.2 Å². The number of amides is 1. The number of aryl methyl sites for hydroxylation is 2. The Hall–Kier alpha value is -2.64. The van der Waals surface area contributed by atoms with Crippen LogP contribution < -0.4 is 22.3 Å². The van der Waals surface area contributed by atoms with Crippen molar-refractivity contribution in [3.05, 3.63) is 57.9 Å². The Morgan fingerprint density at radius 2 is 1.88 bits per heavy atom. The lowest BCUT2D eigenvalue weighted by molar-refractivity contribution is -0.690. The SMILES string of the molecule is CCOC(=O)c1c(NC(=O)C[n+]2cc(-c3ccc(C)cc3)n3c2CCC3)sc2c1CCCC2.[Cl-]. The number of thiophene rings is 1. The fraction of sp³-hybridized carbons (Fsp3) is 0.423. The first kappa shape index (κ1) is 24.5. The van der Waals surface area contributed by atoms with Crippen molar-refractivity contribution in [2.24, 2.45) is 0 Å². The second-order valence-electron chi connectivity index (χ2n) is 8.86. The number of hydrogen-bond donors (Lipinski definition) is 1. The van der Waals surface area contributed by atoms with Crippen molar-refractivity contribution in [3.63, 3.8) is 0 Å². The molecule has 34 heavy (non-hydrogen) atoms. The Kier molecular flexibility index (Phi) is 7.43. The zero-order chi connectivity index (χ0) is 22.9. The Morgan fingerprint density at radius 1 is 1.12 bits per heavy atom. The van der Waals surface area contributed by atoms with Gasteiger partial charge in [0, 0.05) is 10.4 Å². The minimum Gasteiger partial charge on any atom is -1.00 e. The third kappa shape index (κ3) is 4.64. The highest BCUT2D eigenvalue weighted by Crippen LogP contribution is 2.38. The van der Waals surface area contributed by atoms with Crippen LogP contribution in [0, 0.1) is 6.92 Å². The molecule has 5 rings (SSSR count). The molecule has 0 saturated carbocycles. The Balaban J connectivity index is 0.00000274. The number of benzene rings is 1. The normalized spacial score (nSPS) is 14.2. The van der Waals surface area contributed by atoms with Crippen LogP contribution in [0.4, 0.5) is 5.00 Å². The smallest absolute Gasteiger partial charge is 0.341 e. The number of rotatable bonds is 6. The molecule has 0 spiro atoms. The van der Waals surface area contributed by atoms with Crippen LogP contribution in [0.1, 0.15) is 58.4 Å². The van der Waals surface area contributed by atoms with Gasteiger partial charge in [-0.3, -0.25) is 4.79 Å². The van der Waals surface area contributed by atoms with E-state index < -0.39 is 0 Å². The average molecular weight is 500 g/mol. The van der Waals surface area contributed by atoms with Crippen LogP contribution in [0.5, 0.6) is 0 Å². The summed E-state index contributed by atoms with van der Waals surface area (Å²) in [5.41, 5.74) is 5.18. The monoisotopic (exact) mass is 499 g/mol. The van der Waals surface area contributed by atoms with Crippen LogP contribution in [0.15, 0.2) is 30.5 Å². The van der Waals surface area contributed by atoms with Crippen molar-refractivity contribution in [2.45, 2.75) is 65.5 Å². The lowest BCUT2D eigenvalue weighted by Gasteiger charge is -2.12. The van der Waals surface area contributed by atoms with Crippen LogP contribution >= 0.6 is 11.3 Å². The molecule has 0 unspecified atom stereocenters. The maximum absolute atomic E-state index is 13.1. The minimum atomic E-state index is -0.328. The molecule has 0 radical (unpaired) electrons. The van der Waals surface area contributed by atoms with Crippen molar-refractivity contribution in [2.75, 3.05) is 11.9 Å². The Morgan fingerprint density at radius 3 is 2.65 bits per heavy atom. The number of nitrogens with zero attached hydrogens (tertiary/aromatic N) is 2. The molecule has 0 saturated heterocycles. The second kappa shape index (κ2) is 10.3. The molecule has 0 fully saturated rings. The standard InChI is InChI=1S/C26H29N3O3S.ClH/c1-3-32-26(31)24-19-7-4-5-8-21(19)33-25(24)27-22(30)16-28-15-20(29-14-6-9-23(28)29)18-12-10-17(2)11-13-18;/h10-13,15H,3-9,14,16H2,1-2H3;1H. The highest BCUT2D eigenvalue weighted by molar-refractivity contribution is 7.17. The van der Waals surface area contributed by atoms with Gasteiger partial charge in [0.2, 0.25) is 0 Å². The summed E-state index contributed by atoms with van der Waals surface area (Å²) in [6.07, 6.45) is 8.16. The van der Waals surface area contributed by atoms with E-state index in [9.17, 15) is 9.59 Å². The van der Waals surface area contributed by atoms with E-state index >= 15 is 0 Å². The number of nitrogens with one attached hydrogen (secondary N) is 1. The number of esters is 1. The summed E-state index contributed by atoms with van der Waals surface area (Å²) < 4.78 is 9.71. The number of imidazole rings is 1. The number of carbonyl (C=O) groups is 2. The number of fused-ring (bicyclic) bond motifs is 2. The summed E-state index contributed by atoms with van der Waals surface area (Å²) in [6.45, 7) is 5.42. The van der Waals surface area contributed by atoms with Crippen molar-refractivity contribution in [3.8, 4) is 11.3 Å². The lowest BCUT2D eigenvalue weighted by Crippen LogP contribution is -3.00. The van der Waals surface area contributed by atoms with E-state index in [1.54, 1.807) is 0 Å². The molecule has 1 N–H and O–H groups in total. The summed E-state index contributed by atoms with van der Waals surface area (Å²) >= 11 is 1.54. The molecule has 3 heterocycles. The zero-order valence-corrected chi connectivity index (χ0v) is 21.2. The third-order valence-corrected chi connectivity index (χ3v) is 7.77. The molecule has 1 aliphatic heterocycles. The van der Waals surface area contributed by atoms with E-state index in [2.05, 4.69) is 51.8 Å². The molecule has 2 aromatic heterocycles. The first-order valence-corrected chi connectivity index (χ1v) is 12.7. The lowest BCUT2D eigenvalue weighted by atomic mass is 9.95. The first-order valence-electron chi connectivity index (χ1n) is 11.9. The van der Waals surface area contributed by atoms with Gasteiger partial charge in [-0.05, 0) is 51.5 Å². The first-order chi connectivity index (χ1) is 16.0. The number of hydrogen-bond acceptors (Lipinski definition) is 4. The van der Waals surface area contributed by atoms with E-state index in [1.807, 2.05) is 6.92 Å². The molecule has 1 aromatic carbocycles. The van der Waals surface area contributed by atoms with Crippen LogP contribution in [0.2, 0.25) is 0 Å². The van der Waals surface area contributed by atoms with Gasteiger partial charge in [-0.15, -0.1) is 11.3 Å². The molecule has 0 bridgehead atoms. The topological polar surface area (TPSA) is 64.2 Å². The van der Waals surface area contributed by atoms with Gasteiger partial charge >= 0.3 is 5.97 Å². The number of carbonyl (C=O) groups excluding carboxylic acids is 2. The molecule has 0 atom stereocenters. The van der Waals surface area contributed by atoms with E-state index in [0.717, 1.165) is 56.3 Å². The van der Waals surface area contributed by atoms with Gasteiger partial charge in [0.1, 0.15) is 11.2 Å². The van der Waals surface area contributed by atoms with Crippen molar-refractivity contribution >= 4 is 28.2 Å². The number of anilines is 1. The molecule has 6 nitrogen and oxygen atoms in total. The Bertz CT molecular complexity index is 1210. The largest absolute Gasteiger partial charge is 1.00 e. The maximum atomic E-state index is 13.1. The predicted octanol–water partition coefficient (Wildman–Crippen LogP) is 1.46. The molecule has 2 aliphatic rings. The van der Waals surface area contributed by atoms with E-state index in [1.165, 1.54) is 33.2 Å². The van der Waals surface area contributed by atoms with Gasteiger partial charge in [-0.25, -0.2) is 13.9 Å². The third-order valence-electron chi connectivity index (χ3n) is 6.56. The average Bonchev–Trinajstić information content (AvgIpc) is 3.49. The van der Waals surface area contributed by atoms with E-state index in [4.69, 9.17) is 4.74 Å². The minimum absolute atomic E-state index is 0. The summed E-state index contributed by atoms with van der Waals surface area (Å²) in [7, 11) is 0. The Labute approximate surface area is 210 Å². The van der Waals surface area contributed by atoms with E-state index in [-0.39, 0.29) is 30.8 Å². The van der Waals surface area contributed by atoms with Gasteiger partial charge in [-0.2, -0.15) is 0 Å². The molecule has 1 aliphatic carbocycles. The summed E-state index contributed by atoms with van der Waals surface area (Å²) in [5.74, 6) is 0.739. The number of ether oxygens (including phenoxy) is 1. The summed E-state index contributed by atoms with van der Waals surface area (Å²) in [5, 5.41) is 3.69. The van der Waals surface area contributed by atoms with Gasteiger partial charge in [0.05, 0.1) is 25.1 Å². The summed E-state index contributed by atoms with van der Waals surface area (Å²) in [4.78, 5) is 27.0. The molecule has 1 amide bonds. The number of aromatic nitrogens is 2. The predicted molar refractivity (Wildman–Crippen MR) is 129 cm³/mol. The van der Waals surface area contributed by atoms with Crippen LogP contribution in [-0.2, 0) is 41.9 Å². The number of halogens is 1. The van der Waals surface area contributed by atoms with Gasteiger partial charge < -0.3 is 22.5 Å². The van der Waals surface area contributed by atoms with Crippen LogP contribution in [0.3, 0.4) is 0 Å². The van der Waals surface area contributed by atoms with Crippen molar-refractivity contribution in [1.82, 2.24) is 4.57 Å². The fourth-order valence-corrected chi connectivity index (χ4v) is 6.29. The van der Waals surface area contributed by atoms with Gasteiger partial charge in [-0.1, -0.05) is 29.8 Å². The molecule has 3 aromatic rings. The van der Waals surface area contributed by atoms with Crippen LogP contribution in [0.25, 0.3) is 11.3 Å². The van der Waals surface area contributed by atoms with Gasteiger partial charge in [0.25, 0.3) is 11.7 Å². The highest BCUT2D eigenvalue weighted by Gasteiger charge is 2.31. The highest BCUT2D eigenvalue weighted by atomic mass is 35.5. The zero-order valence-electron chi connectivity index (χ0n) is 19.7. The quantitative estimate of drug-likeness (QED) is 0.412. The maximum Gasteiger partial charge on any atom is 0.341 e. The molecule has 8 heteroatoms. The molecular weight excluding hydrogens is 470 g/mol. The molecule has 180 valence electrons. The summed E-state index contributed by atoms with van der Waals surface area (Å²) in [6, 6.07) is 8.53. The second-order valence-corrected chi connectivity index (χ2v) is 9.97. The van der Waals surface area contributed by atoms with Crippen LogP contribution in [-0.4, -0.2) is 23.1 Å². The van der Waals surface area contributed by atoms with Gasteiger partial charge in [0.15, 0.2) is 12.2 Å². The fourth-order valence-electron chi connectivity index (χ4n) is 4.99.